The fraction of sp³-hybridized carbons (Fsp3) is 0.125. The van der Waals surface area contributed by atoms with E-state index in [0.29, 0.717) is 17.1 Å². The molecular formula is C16H16FN3O3. The van der Waals surface area contributed by atoms with Crippen LogP contribution in [0.1, 0.15) is 10.4 Å². The summed E-state index contributed by atoms with van der Waals surface area (Å²) in [6.07, 6.45) is 0. The van der Waals surface area contributed by atoms with Crippen LogP contribution in [0, 0.1) is 5.82 Å². The predicted octanol–water partition coefficient (Wildman–Crippen LogP) is 1.98. The molecule has 6 nitrogen and oxygen atoms in total. The van der Waals surface area contributed by atoms with Gasteiger partial charge in [0.2, 0.25) is 5.91 Å². The van der Waals surface area contributed by atoms with Gasteiger partial charge in [-0.2, -0.15) is 0 Å². The molecule has 2 amide bonds. The second kappa shape index (κ2) is 7.37. The van der Waals surface area contributed by atoms with Gasteiger partial charge in [-0.25, -0.2) is 4.39 Å². The summed E-state index contributed by atoms with van der Waals surface area (Å²) in [6.45, 7) is -0.200. The maximum atomic E-state index is 13.2. The topological polar surface area (TPSA) is 93.5 Å². The Bertz CT molecular complexity index is 734. The second-order valence-electron chi connectivity index (χ2n) is 4.63. The molecule has 120 valence electrons. The number of halogens is 1. The van der Waals surface area contributed by atoms with Gasteiger partial charge < -0.3 is 21.1 Å². The SMILES string of the molecule is COc1ccc(NC(=O)c2cccc(F)c2)c(NC(=O)CN)c1. The third-order valence-corrected chi connectivity index (χ3v) is 3.02. The van der Waals surface area contributed by atoms with E-state index in [1.54, 1.807) is 18.2 Å². The van der Waals surface area contributed by atoms with E-state index in [4.69, 9.17) is 10.5 Å². The van der Waals surface area contributed by atoms with Crippen molar-refractivity contribution in [2.75, 3.05) is 24.3 Å². The quantitative estimate of drug-likeness (QED) is 0.786. The minimum absolute atomic E-state index is 0.164. The first-order valence-electron chi connectivity index (χ1n) is 6.78. The molecule has 23 heavy (non-hydrogen) atoms. The maximum Gasteiger partial charge on any atom is 0.255 e. The van der Waals surface area contributed by atoms with Crippen molar-refractivity contribution in [3.8, 4) is 5.75 Å². The Hall–Kier alpha value is -2.93. The zero-order valence-electron chi connectivity index (χ0n) is 12.4. The number of rotatable bonds is 5. The lowest BCUT2D eigenvalue weighted by Crippen LogP contribution is -2.23. The molecule has 0 saturated heterocycles. The van der Waals surface area contributed by atoms with Crippen LogP contribution in [0.25, 0.3) is 0 Å². The first-order chi connectivity index (χ1) is 11.0. The second-order valence-corrected chi connectivity index (χ2v) is 4.63. The van der Waals surface area contributed by atoms with Crippen molar-refractivity contribution < 1.29 is 18.7 Å². The first-order valence-corrected chi connectivity index (χ1v) is 6.78. The van der Waals surface area contributed by atoms with E-state index in [1.807, 2.05) is 0 Å². The molecule has 0 unspecified atom stereocenters. The van der Waals surface area contributed by atoms with Crippen molar-refractivity contribution in [3.05, 3.63) is 53.8 Å². The Balaban J connectivity index is 2.27. The number of amides is 2. The van der Waals surface area contributed by atoms with Gasteiger partial charge >= 0.3 is 0 Å². The molecular weight excluding hydrogens is 301 g/mol. The number of methoxy groups -OCH3 is 1. The highest BCUT2D eigenvalue weighted by molar-refractivity contribution is 6.07. The molecule has 0 aliphatic rings. The summed E-state index contributed by atoms with van der Waals surface area (Å²) in [5.74, 6) is -0.928. The van der Waals surface area contributed by atoms with E-state index in [0.717, 1.165) is 6.07 Å². The van der Waals surface area contributed by atoms with E-state index < -0.39 is 17.6 Å². The number of hydrogen-bond acceptors (Lipinski definition) is 4. The first kappa shape index (κ1) is 16.4. The van der Waals surface area contributed by atoms with Gasteiger partial charge in [0.25, 0.3) is 5.91 Å². The molecule has 4 N–H and O–H groups in total. The third-order valence-electron chi connectivity index (χ3n) is 3.02. The number of carbonyl (C=O) groups excluding carboxylic acids is 2. The Kier molecular flexibility index (Phi) is 5.27. The van der Waals surface area contributed by atoms with Gasteiger partial charge in [0, 0.05) is 11.6 Å². The summed E-state index contributed by atoms with van der Waals surface area (Å²) in [5.41, 5.74) is 6.13. The van der Waals surface area contributed by atoms with Crippen molar-refractivity contribution in [1.29, 1.82) is 0 Å². The summed E-state index contributed by atoms with van der Waals surface area (Å²) in [6, 6.07) is 10.0. The highest BCUT2D eigenvalue weighted by atomic mass is 19.1. The molecule has 2 aromatic carbocycles. The van der Waals surface area contributed by atoms with Gasteiger partial charge in [0.15, 0.2) is 0 Å². The number of nitrogens with one attached hydrogen (secondary N) is 2. The van der Waals surface area contributed by atoms with Crippen LogP contribution >= 0.6 is 0 Å². The molecule has 7 heteroatoms. The van der Waals surface area contributed by atoms with Crippen LogP contribution < -0.4 is 21.1 Å². The largest absolute Gasteiger partial charge is 0.497 e. The smallest absolute Gasteiger partial charge is 0.255 e. The van der Waals surface area contributed by atoms with E-state index in [1.165, 1.54) is 25.3 Å². The molecule has 2 aromatic rings. The van der Waals surface area contributed by atoms with Crippen LogP contribution in [0.5, 0.6) is 5.75 Å². The summed E-state index contributed by atoms with van der Waals surface area (Å²) >= 11 is 0. The van der Waals surface area contributed by atoms with E-state index >= 15 is 0 Å². The fourth-order valence-electron chi connectivity index (χ4n) is 1.89. The number of anilines is 2. The molecule has 0 saturated carbocycles. The van der Waals surface area contributed by atoms with Gasteiger partial charge in [-0.1, -0.05) is 6.07 Å². The molecule has 0 radical (unpaired) electrons. The molecule has 0 aromatic heterocycles. The van der Waals surface area contributed by atoms with Gasteiger partial charge in [-0.05, 0) is 30.3 Å². The minimum atomic E-state index is -0.510. The van der Waals surface area contributed by atoms with Gasteiger partial charge in [-0.15, -0.1) is 0 Å². The monoisotopic (exact) mass is 317 g/mol. The lowest BCUT2D eigenvalue weighted by Gasteiger charge is -2.13. The highest BCUT2D eigenvalue weighted by Crippen LogP contribution is 2.27. The Morgan fingerprint density at radius 2 is 1.91 bits per heavy atom. The molecule has 0 heterocycles. The Morgan fingerprint density at radius 1 is 1.13 bits per heavy atom. The average Bonchev–Trinajstić information content (AvgIpc) is 2.56. The predicted molar refractivity (Wildman–Crippen MR) is 85.0 cm³/mol. The highest BCUT2D eigenvalue weighted by Gasteiger charge is 2.12. The number of benzene rings is 2. The normalized spacial score (nSPS) is 10.0. The summed E-state index contributed by atoms with van der Waals surface area (Å²) in [4.78, 5) is 23.7. The van der Waals surface area contributed by atoms with E-state index in [9.17, 15) is 14.0 Å². The van der Waals surface area contributed by atoms with Gasteiger partial charge in [-0.3, -0.25) is 9.59 Å². The molecule has 2 rings (SSSR count). The number of hydrogen-bond donors (Lipinski definition) is 3. The molecule has 0 atom stereocenters. The van der Waals surface area contributed by atoms with E-state index in [-0.39, 0.29) is 12.1 Å². The number of nitrogens with two attached hydrogens (primary N) is 1. The zero-order valence-corrected chi connectivity index (χ0v) is 12.4. The van der Waals surface area contributed by atoms with Crippen molar-refractivity contribution in [2.24, 2.45) is 5.73 Å². The standard InChI is InChI=1S/C16H16FN3O3/c1-23-12-5-6-13(14(8-12)19-15(21)9-18)20-16(22)10-3-2-4-11(17)7-10/h2-8H,9,18H2,1H3,(H,19,21)(H,20,22). The van der Waals surface area contributed by atoms with Crippen molar-refractivity contribution in [3.63, 3.8) is 0 Å². The molecule has 0 bridgehead atoms. The minimum Gasteiger partial charge on any atom is -0.497 e. The summed E-state index contributed by atoms with van der Waals surface area (Å²) in [5, 5.41) is 5.19. The van der Waals surface area contributed by atoms with Crippen LogP contribution in [0.2, 0.25) is 0 Å². The van der Waals surface area contributed by atoms with Crippen molar-refractivity contribution in [2.45, 2.75) is 0 Å². The number of carbonyl (C=O) groups is 2. The lowest BCUT2D eigenvalue weighted by atomic mass is 10.2. The Labute approximate surface area is 132 Å². The maximum absolute atomic E-state index is 13.2. The fourth-order valence-corrected chi connectivity index (χ4v) is 1.89. The van der Waals surface area contributed by atoms with Gasteiger partial charge in [0.1, 0.15) is 11.6 Å². The summed E-state index contributed by atoms with van der Waals surface area (Å²) in [7, 11) is 1.48. The van der Waals surface area contributed by atoms with Crippen LogP contribution in [-0.4, -0.2) is 25.5 Å². The van der Waals surface area contributed by atoms with E-state index in [2.05, 4.69) is 10.6 Å². The number of ether oxygens (including phenoxy) is 1. The lowest BCUT2D eigenvalue weighted by molar-refractivity contribution is -0.114. The molecule has 0 aliphatic carbocycles. The zero-order chi connectivity index (χ0) is 16.8. The molecule has 0 fully saturated rings. The molecule has 0 spiro atoms. The van der Waals surface area contributed by atoms with Crippen LogP contribution in [0.3, 0.4) is 0 Å². The average molecular weight is 317 g/mol. The van der Waals surface area contributed by atoms with Crippen molar-refractivity contribution in [1.82, 2.24) is 0 Å². The van der Waals surface area contributed by atoms with Crippen LogP contribution in [0.15, 0.2) is 42.5 Å². The van der Waals surface area contributed by atoms with Crippen LogP contribution in [-0.2, 0) is 4.79 Å². The van der Waals surface area contributed by atoms with Gasteiger partial charge in [0.05, 0.1) is 25.0 Å². The summed E-state index contributed by atoms with van der Waals surface area (Å²) < 4.78 is 18.3. The van der Waals surface area contributed by atoms with Crippen LogP contribution in [0.4, 0.5) is 15.8 Å². The third kappa shape index (κ3) is 4.27. The Morgan fingerprint density at radius 3 is 2.57 bits per heavy atom. The molecule has 0 aliphatic heterocycles. The van der Waals surface area contributed by atoms with Crippen molar-refractivity contribution >= 4 is 23.2 Å².